The lowest BCUT2D eigenvalue weighted by Gasteiger charge is -2.07. The summed E-state index contributed by atoms with van der Waals surface area (Å²) in [6.07, 6.45) is 0. The lowest BCUT2D eigenvalue weighted by Crippen LogP contribution is -2.12. The Morgan fingerprint density at radius 1 is 1.20 bits per heavy atom. The summed E-state index contributed by atoms with van der Waals surface area (Å²) >= 11 is 3.44. The molecule has 0 amide bonds. The molecule has 15 heavy (non-hydrogen) atoms. The number of halogens is 1. The first-order valence-electron chi connectivity index (χ1n) is 4.61. The average molecular weight is 263 g/mol. The zero-order chi connectivity index (χ0) is 11.2. The number of hydrogen-bond donors (Lipinski definition) is 1. The molecule has 0 aromatic heterocycles. The van der Waals surface area contributed by atoms with E-state index in [1.54, 1.807) is 6.07 Å². The Bertz CT molecular complexity index is 644. The van der Waals surface area contributed by atoms with Crippen LogP contribution in [-0.2, 0) is 0 Å². The van der Waals surface area contributed by atoms with Crippen LogP contribution < -0.4 is 10.4 Å². The molecule has 76 valence electrons. The Morgan fingerprint density at radius 3 is 2.53 bits per heavy atom. The normalized spacial score (nSPS) is 10.8. The van der Waals surface area contributed by atoms with Gasteiger partial charge in [0.15, 0.2) is 0 Å². The number of rotatable bonds is 0. The average Bonchev–Trinajstić information content (AvgIpc) is 2.18. The summed E-state index contributed by atoms with van der Waals surface area (Å²) < 4.78 is 0.925. The summed E-state index contributed by atoms with van der Waals surface area (Å²) in [5, 5.41) is 13.3. The van der Waals surface area contributed by atoms with Gasteiger partial charge in [0.25, 0.3) is 0 Å². The van der Waals surface area contributed by atoms with Gasteiger partial charge in [0.2, 0.25) is 0 Å². The highest BCUT2D eigenvalue weighted by Crippen LogP contribution is 2.22. The minimum atomic E-state index is 0.262. The molecule has 1 N–H and O–H groups in total. The predicted molar refractivity (Wildman–Crippen MR) is 68.3 cm³/mol. The van der Waals surface area contributed by atoms with Gasteiger partial charge in [0, 0.05) is 9.86 Å². The highest BCUT2D eigenvalue weighted by molar-refractivity contribution is 9.10. The van der Waals surface area contributed by atoms with Crippen LogP contribution in [0, 0.1) is 6.92 Å². The van der Waals surface area contributed by atoms with Crippen molar-refractivity contribution >= 4 is 39.9 Å². The zero-order valence-corrected chi connectivity index (χ0v) is 10.1. The molecule has 0 saturated heterocycles. The van der Waals surface area contributed by atoms with E-state index in [2.05, 4.69) is 29.1 Å². The Morgan fingerprint density at radius 2 is 1.87 bits per heavy atom. The van der Waals surface area contributed by atoms with Crippen LogP contribution in [0.2, 0.25) is 0 Å². The molecular weight excluding hydrogens is 252 g/mol. The van der Waals surface area contributed by atoms with Gasteiger partial charge in [-0.15, -0.1) is 0 Å². The number of phenolic OH excluding ortho intramolecular Hbond substituents is 1. The molecule has 0 atom stereocenters. The summed E-state index contributed by atoms with van der Waals surface area (Å²) in [4.78, 5) is 0. The predicted octanol–water partition coefficient (Wildman–Crippen LogP) is 2.44. The largest absolute Gasteiger partial charge is 0.507 e. The second-order valence-electron chi connectivity index (χ2n) is 3.65. The SMILES string of the molecule is C=c1cc(Br)c(=C)c2c(C)ccc(O)c12. The van der Waals surface area contributed by atoms with Crippen LogP contribution in [-0.4, -0.2) is 5.11 Å². The highest BCUT2D eigenvalue weighted by Gasteiger charge is 2.06. The number of fused-ring (bicyclic) bond motifs is 1. The quantitative estimate of drug-likeness (QED) is 0.774. The Hall–Kier alpha value is -1.28. The number of benzene rings is 2. The molecule has 0 spiro atoms. The van der Waals surface area contributed by atoms with Crippen molar-refractivity contribution in [3.8, 4) is 5.75 Å². The van der Waals surface area contributed by atoms with Crippen LogP contribution >= 0.6 is 15.9 Å². The topological polar surface area (TPSA) is 20.2 Å². The number of aryl methyl sites for hydroxylation is 1. The van der Waals surface area contributed by atoms with Gasteiger partial charge in [-0.3, -0.25) is 0 Å². The first kappa shape index (κ1) is 10.2. The van der Waals surface area contributed by atoms with Gasteiger partial charge >= 0.3 is 0 Å². The van der Waals surface area contributed by atoms with Crippen LogP contribution in [0.1, 0.15) is 5.56 Å². The Labute approximate surface area is 96.5 Å². The van der Waals surface area contributed by atoms with Gasteiger partial charge in [-0.05, 0) is 40.4 Å². The summed E-state index contributed by atoms with van der Waals surface area (Å²) in [6.45, 7) is 9.94. The van der Waals surface area contributed by atoms with Gasteiger partial charge in [-0.1, -0.05) is 35.2 Å². The van der Waals surface area contributed by atoms with E-state index in [-0.39, 0.29) is 5.75 Å². The van der Waals surface area contributed by atoms with Crippen LogP contribution in [0.3, 0.4) is 0 Å². The second-order valence-corrected chi connectivity index (χ2v) is 4.50. The maximum Gasteiger partial charge on any atom is 0.124 e. The first-order valence-corrected chi connectivity index (χ1v) is 5.40. The van der Waals surface area contributed by atoms with Gasteiger partial charge in [0.1, 0.15) is 5.75 Å². The molecule has 0 radical (unpaired) electrons. The van der Waals surface area contributed by atoms with E-state index >= 15 is 0 Å². The molecule has 0 fully saturated rings. The van der Waals surface area contributed by atoms with Crippen molar-refractivity contribution in [2.75, 3.05) is 0 Å². The minimum absolute atomic E-state index is 0.262. The third-order valence-corrected chi connectivity index (χ3v) is 3.31. The summed E-state index contributed by atoms with van der Waals surface area (Å²) in [5.74, 6) is 0.262. The molecule has 2 rings (SSSR count). The van der Waals surface area contributed by atoms with E-state index in [1.165, 1.54) is 0 Å². The number of aromatic hydroxyl groups is 1. The van der Waals surface area contributed by atoms with Crippen molar-refractivity contribution in [3.05, 3.63) is 38.7 Å². The van der Waals surface area contributed by atoms with Gasteiger partial charge in [0.05, 0.1) is 0 Å². The van der Waals surface area contributed by atoms with Gasteiger partial charge < -0.3 is 5.11 Å². The molecular formula is C13H11BrO. The summed E-state index contributed by atoms with van der Waals surface area (Å²) in [5.41, 5.74) is 1.10. The van der Waals surface area contributed by atoms with Crippen molar-refractivity contribution in [3.63, 3.8) is 0 Å². The summed E-state index contributed by atoms with van der Waals surface area (Å²) in [7, 11) is 0. The minimum Gasteiger partial charge on any atom is -0.507 e. The number of phenols is 1. The van der Waals surface area contributed by atoms with Gasteiger partial charge in [-0.2, -0.15) is 0 Å². The Balaban J connectivity index is 3.24. The summed E-state index contributed by atoms with van der Waals surface area (Å²) in [6, 6.07) is 5.46. The lowest BCUT2D eigenvalue weighted by atomic mass is 10.0. The maximum atomic E-state index is 9.81. The van der Waals surface area contributed by atoms with Crippen molar-refractivity contribution < 1.29 is 5.11 Å². The molecule has 0 aliphatic carbocycles. The van der Waals surface area contributed by atoms with E-state index < -0.39 is 0 Å². The number of hydrogen-bond acceptors (Lipinski definition) is 1. The monoisotopic (exact) mass is 262 g/mol. The fourth-order valence-electron chi connectivity index (χ4n) is 1.84. The van der Waals surface area contributed by atoms with E-state index in [1.807, 2.05) is 19.1 Å². The molecule has 0 aliphatic rings. The van der Waals surface area contributed by atoms with E-state index in [0.29, 0.717) is 0 Å². The standard InChI is InChI=1S/C13H11BrO/c1-7-4-5-11(15)13-8(2)6-10(14)9(3)12(7)13/h4-6,15H,2-3H2,1H3. The van der Waals surface area contributed by atoms with Crippen molar-refractivity contribution in [2.45, 2.75) is 6.92 Å². The van der Waals surface area contributed by atoms with E-state index in [9.17, 15) is 5.11 Å². The molecule has 0 aliphatic heterocycles. The third kappa shape index (κ3) is 1.45. The molecule has 0 unspecified atom stereocenters. The zero-order valence-electron chi connectivity index (χ0n) is 8.47. The molecule has 0 heterocycles. The fourth-order valence-corrected chi connectivity index (χ4v) is 2.32. The molecule has 1 nitrogen and oxygen atoms in total. The lowest BCUT2D eigenvalue weighted by molar-refractivity contribution is 0.481. The molecule has 2 aromatic rings. The third-order valence-electron chi connectivity index (χ3n) is 2.60. The second kappa shape index (κ2) is 3.38. The molecule has 0 bridgehead atoms. The van der Waals surface area contributed by atoms with Crippen LogP contribution in [0.25, 0.3) is 23.9 Å². The smallest absolute Gasteiger partial charge is 0.124 e. The molecule has 0 saturated carbocycles. The van der Waals surface area contributed by atoms with Crippen LogP contribution in [0.4, 0.5) is 0 Å². The first-order chi connectivity index (χ1) is 7.02. The van der Waals surface area contributed by atoms with Crippen molar-refractivity contribution in [2.24, 2.45) is 0 Å². The van der Waals surface area contributed by atoms with E-state index in [4.69, 9.17) is 0 Å². The highest BCUT2D eigenvalue weighted by atomic mass is 79.9. The molecule has 2 heteroatoms. The Kier molecular flexibility index (Phi) is 2.31. The van der Waals surface area contributed by atoms with E-state index in [0.717, 1.165) is 31.2 Å². The van der Waals surface area contributed by atoms with Crippen LogP contribution in [0.5, 0.6) is 5.75 Å². The fraction of sp³-hybridized carbons (Fsp3) is 0.0769. The molecule has 2 aromatic carbocycles. The van der Waals surface area contributed by atoms with Gasteiger partial charge in [-0.25, -0.2) is 0 Å². The maximum absolute atomic E-state index is 9.81. The van der Waals surface area contributed by atoms with Crippen molar-refractivity contribution in [1.29, 1.82) is 0 Å². The van der Waals surface area contributed by atoms with Crippen LogP contribution in [0.15, 0.2) is 22.7 Å². The van der Waals surface area contributed by atoms with Crippen molar-refractivity contribution in [1.82, 2.24) is 0 Å².